The fourth-order valence-electron chi connectivity index (χ4n) is 5.25. The summed E-state index contributed by atoms with van der Waals surface area (Å²) in [5, 5.41) is 32.1. The van der Waals surface area contributed by atoms with Gasteiger partial charge in [-0.15, -0.1) is 0 Å². The van der Waals surface area contributed by atoms with Crippen LogP contribution >= 0.6 is 0 Å². The molecular formula is C33H67N11O8. The van der Waals surface area contributed by atoms with Crippen molar-refractivity contribution in [3.63, 3.8) is 0 Å². The largest absolute Gasteiger partial charge is 0.480 e. The first-order chi connectivity index (χ1) is 24.9. The van der Waals surface area contributed by atoms with Gasteiger partial charge in [-0.05, 0) is 129 Å². The Hall–Kier alpha value is -3.46. The van der Waals surface area contributed by atoms with Crippen LogP contribution in [0.5, 0.6) is 0 Å². The lowest BCUT2D eigenvalue weighted by Gasteiger charge is -2.27. The van der Waals surface area contributed by atoms with Gasteiger partial charge >= 0.3 is 5.97 Å². The van der Waals surface area contributed by atoms with E-state index < -0.39 is 78.4 Å². The molecule has 19 nitrogen and oxygen atoms in total. The minimum atomic E-state index is -1.26. The summed E-state index contributed by atoms with van der Waals surface area (Å²) >= 11 is 0. The number of amides is 5. The third-order valence-electron chi connectivity index (χ3n) is 8.41. The van der Waals surface area contributed by atoms with Gasteiger partial charge < -0.3 is 71.2 Å². The highest BCUT2D eigenvalue weighted by molar-refractivity contribution is 5.96. The van der Waals surface area contributed by atoms with Gasteiger partial charge in [-0.2, -0.15) is 0 Å². The molecule has 5 amide bonds. The molecular weight excluding hydrogens is 678 g/mol. The minimum absolute atomic E-state index is 0.155. The third kappa shape index (κ3) is 21.2. The van der Waals surface area contributed by atoms with E-state index in [0.717, 1.165) is 0 Å². The summed E-state index contributed by atoms with van der Waals surface area (Å²) in [4.78, 5) is 78.6. The van der Waals surface area contributed by atoms with Gasteiger partial charge in [0, 0.05) is 0 Å². The molecule has 0 bridgehead atoms. The van der Waals surface area contributed by atoms with E-state index in [1.54, 1.807) is 0 Å². The minimum Gasteiger partial charge on any atom is -0.480 e. The second-order valence-electron chi connectivity index (χ2n) is 12.9. The Labute approximate surface area is 307 Å². The highest BCUT2D eigenvalue weighted by Crippen LogP contribution is 2.10. The fourth-order valence-corrected chi connectivity index (χ4v) is 5.25. The number of nitrogens with one attached hydrogen (secondary N) is 5. The number of carboxylic acid groups (broad SMARTS) is 1. The van der Waals surface area contributed by atoms with Crippen LogP contribution in [-0.4, -0.2) is 121 Å². The number of carboxylic acids is 1. The number of hydrogen-bond donors (Lipinski definition) is 13. The zero-order chi connectivity index (χ0) is 39.3. The number of aliphatic carboxylic acids is 1. The number of hydrogen-bond acceptors (Lipinski definition) is 13. The van der Waals surface area contributed by atoms with Gasteiger partial charge in [-0.1, -0.05) is 0 Å². The lowest BCUT2D eigenvalue weighted by molar-refractivity contribution is -0.142. The van der Waals surface area contributed by atoms with Crippen molar-refractivity contribution >= 4 is 35.5 Å². The average molecular weight is 746 g/mol. The second-order valence-corrected chi connectivity index (χ2v) is 12.9. The molecule has 0 aromatic rings. The van der Waals surface area contributed by atoms with Crippen LogP contribution in [0, 0.1) is 0 Å². The average Bonchev–Trinajstić information content (AvgIpc) is 3.12. The first kappa shape index (κ1) is 48.5. The van der Waals surface area contributed by atoms with Crippen molar-refractivity contribution in [1.29, 1.82) is 0 Å². The van der Waals surface area contributed by atoms with E-state index in [1.165, 1.54) is 0 Å². The van der Waals surface area contributed by atoms with Gasteiger partial charge in [0.25, 0.3) is 0 Å². The number of aliphatic hydroxyl groups excluding tert-OH is 1. The molecule has 52 heavy (non-hydrogen) atoms. The van der Waals surface area contributed by atoms with Crippen molar-refractivity contribution in [2.45, 2.75) is 133 Å². The molecule has 0 saturated heterocycles. The molecule has 0 aliphatic carbocycles. The molecule has 0 aliphatic heterocycles. The number of carbonyl (C=O) groups is 6. The Bertz CT molecular complexity index is 1060. The molecule has 6 atom stereocenters. The van der Waals surface area contributed by atoms with Crippen molar-refractivity contribution in [3.05, 3.63) is 0 Å². The van der Waals surface area contributed by atoms with Crippen molar-refractivity contribution in [2.75, 3.05) is 39.3 Å². The van der Waals surface area contributed by atoms with Crippen LogP contribution in [0.3, 0.4) is 0 Å². The first-order valence-corrected chi connectivity index (χ1v) is 18.5. The maximum atomic E-state index is 13.8. The zero-order valence-corrected chi connectivity index (χ0v) is 30.6. The summed E-state index contributed by atoms with van der Waals surface area (Å²) in [6.45, 7) is 1.12. The number of rotatable bonds is 32. The molecule has 0 aromatic heterocycles. The van der Waals surface area contributed by atoms with Crippen LogP contribution in [-0.2, 0) is 28.8 Å². The Morgan fingerprint density at radius 1 is 0.404 bits per heavy atom. The van der Waals surface area contributed by atoms with E-state index in [9.17, 15) is 39.0 Å². The van der Waals surface area contributed by atoms with Crippen LogP contribution in [0.4, 0.5) is 0 Å². The molecule has 0 saturated carbocycles. The van der Waals surface area contributed by atoms with Crippen LogP contribution < -0.4 is 61.0 Å². The van der Waals surface area contributed by atoms with Gasteiger partial charge in [-0.3, -0.25) is 24.0 Å². The number of nitrogens with two attached hydrogens (primary N) is 6. The Morgan fingerprint density at radius 3 is 0.865 bits per heavy atom. The first-order valence-electron chi connectivity index (χ1n) is 18.5. The Balaban J connectivity index is 6.20. The standard InChI is InChI=1S/C33H67N11O8/c34-16-6-1-11-23(40-28(46)22(39)21-45)29(47)41-24(12-2-7-17-35)30(48)42-25(13-3-8-18-36)31(49)43-26(14-4-9-19-37)32(50)44-27(33(51)52)15-5-10-20-38/h22-27,45H,1-21,34-39H2,(H,40,46)(H,41,47)(H,42,48)(H,43,49)(H,44,50)(H,51,52)/t22-,23-,24-,25-,26-,27-/m0/s1. The van der Waals surface area contributed by atoms with E-state index in [-0.39, 0.29) is 32.1 Å². The molecule has 0 fully saturated rings. The van der Waals surface area contributed by atoms with E-state index in [4.69, 9.17) is 34.4 Å². The van der Waals surface area contributed by atoms with Gasteiger partial charge in [0.05, 0.1) is 6.61 Å². The zero-order valence-electron chi connectivity index (χ0n) is 30.6. The predicted molar refractivity (Wildman–Crippen MR) is 197 cm³/mol. The molecule has 0 aliphatic rings. The molecule has 19 heteroatoms. The molecule has 0 radical (unpaired) electrons. The van der Waals surface area contributed by atoms with Gasteiger partial charge in [0.2, 0.25) is 29.5 Å². The van der Waals surface area contributed by atoms with Gasteiger partial charge in [-0.25, -0.2) is 4.79 Å². The summed E-state index contributed by atoms with van der Waals surface area (Å²) in [6, 6.07) is -6.91. The molecule has 0 unspecified atom stereocenters. The monoisotopic (exact) mass is 746 g/mol. The molecule has 0 aromatic carbocycles. The summed E-state index contributed by atoms with van der Waals surface area (Å²) in [7, 11) is 0. The van der Waals surface area contributed by atoms with Crippen molar-refractivity contribution in [3.8, 4) is 0 Å². The van der Waals surface area contributed by atoms with Crippen LogP contribution in [0.1, 0.15) is 96.3 Å². The molecule has 0 heterocycles. The van der Waals surface area contributed by atoms with E-state index in [0.29, 0.717) is 96.9 Å². The number of aliphatic hydroxyl groups is 1. The highest BCUT2D eigenvalue weighted by Gasteiger charge is 2.32. The van der Waals surface area contributed by atoms with Crippen LogP contribution in [0.25, 0.3) is 0 Å². The smallest absolute Gasteiger partial charge is 0.326 e. The topological polar surface area (TPSA) is 359 Å². The summed E-state index contributed by atoms with van der Waals surface area (Å²) in [5.41, 5.74) is 33.7. The normalized spacial score (nSPS) is 14.6. The van der Waals surface area contributed by atoms with Crippen LogP contribution in [0.15, 0.2) is 0 Å². The number of carbonyl (C=O) groups excluding carboxylic acids is 5. The predicted octanol–water partition coefficient (Wildman–Crippen LogP) is -3.54. The summed E-state index contributed by atoms with van der Waals surface area (Å²) in [6.07, 6.45) is 5.96. The maximum absolute atomic E-state index is 13.8. The van der Waals surface area contributed by atoms with Crippen molar-refractivity contribution < 1.29 is 39.0 Å². The second kappa shape index (κ2) is 30.0. The van der Waals surface area contributed by atoms with E-state index >= 15 is 0 Å². The Morgan fingerprint density at radius 2 is 0.635 bits per heavy atom. The Kier molecular flexibility index (Phi) is 28.0. The van der Waals surface area contributed by atoms with Crippen LogP contribution in [0.2, 0.25) is 0 Å². The highest BCUT2D eigenvalue weighted by atomic mass is 16.4. The molecule has 302 valence electrons. The summed E-state index contributed by atoms with van der Waals surface area (Å²) < 4.78 is 0. The summed E-state index contributed by atoms with van der Waals surface area (Å²) in [5.74, 6) is -4.66. The van der Waals surface area contributed by atoms with Crippen molar-refractivity contribution in [1.82, 2.24) is 26.6 Å². The van der Waals surface area contributed by atoms with Gasteiger partial charge in [0.1, 0.15) is 36.3 Å². The lowest BCUT2D eigenvalue weighted by atomic mass is 10.0. The van der Waals surface area contributed by atoms with E-state index in [1.807, 2.05) is 0 Å². The molecule has 0 spiro atoms. The van der Waals surface area contributed by atoms with Crippen molar-refractivity contribution in [2.24, 2.45) is 34.4 Å². The van der Waals surface area contributed by atoms with E-state index in [2.05, 4.69) is 26.6 Å². The quantitative estimate of drug-likeness (QED) is 0.0297. The lowest BCUT2D eigenvalue weighted by Crippen LogP contribution is -2.59. The number of unbranched alkanes of at least 4 members (excludes halogenated alkanes) is 5. The fraction of sp³-hybridized carbons (Fsp3) is 0.818. The molecule has 19 N–H and O–H groups in total. The third-order valence-corrected chi connectivity index (χ3v) is 8.41. The van der Waals surface area contributed by atoms with Gasteiger partial charge in [0.15, 0.2) is 0 Å². The maximum Gasteiger partial charge on any atom is 0.326 e. The SMILES string of the molecule is NCCCC[C@H](NC(=O)[C@H](CCCCN)NC(=O)[C@H](CCCCN)NC(=O)[C@H](CCCCN)NC(=O)[C@H](CCCCN)NC(=O)[C@@H](N)CO)C(=O)O. The molecule has 0 rings (SSSR count).